The lowest BCUT2D eigenvalue weighted by molar-refractivity contribution is 0.205. The Labute approximate surface area is 123 Å². The van der Waals surface area contributed by atoms with Gasteiger partial charge in [-0.05, 0) is 49.8 Å². The van der Waals surface area contributed by atoms with Crippen LogP contribution in [0.2, 0.25) is 0 Å². The summed E-state index contributed by atoms with van der Waals surface area (Å²) in [6.07, 6.45) is 4.62. The van der Waals surface area contributed by atoms with Crippen molar-refractivity contribution in [1.82, 2.24) is 0 Å². The van der Waals surface area contributed by atoms with Crippen LogP contribution in [0.25, 0.3) is 0 Å². The lowest BCUT2D eigenvalue weighted by Gasteiger charge is -2.26. The van der Waals surface area contributed by atoms with Crippen molar-refractivity contribution in [2.45, 2.75) is 51.6 Å². The Morgan fingerprint density at radius 1 is 1.40 bits per heavy atom. The van der Waals surface area contributed by atoms with Crippen molar-refractivity contribution in [2.75, 3.05) is 25.2 Å². The van der Waals surface area contributed by atoms with Gasteiger partial charge >= 0.3 is 0 Å². The van der Waals surface area contributed by atoms with Crippen molar-refractivity contribution in [3.8, 4) is 0 Å². The highest BCUT2D eigenvalue weighted by Gasteiger charge is 2.29. The van der Waals surface area contributed by atoms with Gasteiger partial charge in [-0.1, -0.05) is 19.1 Å². The molecule has 3 nitrogen and oxygen atoms in total. The largest absolute Gasteiger partial charge is 0.383 e. The van der Waals surface area contributed by atoms with E-state index >= 15 is 0 Å². The predicted molar refractivity (Wildman–Crippen MR) is 85.4 cm³/mol. The quantitative estimate of drug-likeness (QED) is 0.793. The van der Waals surface area contributed by atoms with Gasteiger partial charge in [-0.2, -0.15) is 0 Å². The number of hydrogen-bond acceptors (Lipinski definition) is 3. The third kappa shape index (κ3) is 3.97. The molecule has 1 aliphatic rings. The summed E-state index contributed by atoms with van der Waals surface area (Å²) in [6.45, 7) is 6.12. The van der Waals surface area contributed by atoms with Crippen molar-refractivity contribution < 1.29 is 4.74 Å². The van der Waals surface area contributed by atoms with Crippen LogP contribution in [0.15, 0.2) is 18.2 Å². The first-order valence-corrected chi connectivity index (χ1v) is 7.76. The van der Waals surface area contributed by atoms with Gasteiger partial charge in [0, 0.05) is 31.4 Å². The molecule has 2 N–H and O–H groups in total. The van der Waals surface area contributed by atoms with Crippen LogP contribution < -0.4 is 10.6 Å². The lowest BCUT2D eigenvalue weighted by atomic mass is 10.0. The number of nitrogens with zero attached hydrogens (tertiary/aromatic N) is 1. The molecule has 1 atom stereocenters. The zero-order valence-corrected chi connectivity index (χ0v) is 13.1. The van der Waals surface area contributed by atoms with Crippen molar-refractivity contribution >= 4 is 5.69 Å². The van der Waals surface area contributed by atoms with E-state index in [0.717, 1.165) is 26.0 Å². The minimum Gasteiger partial charge on any atom is -0.383 e. The van der Waals surface area contributed by atoms with Gasteiger partial charge < -0.3 is 15.4 Å². The fraction of sp³-hybridized carbons (Fsp3) is 0.647. The summed E-state index contributed by atoms with van der Waals surface area (Å²) < 4.78 is 5.24. The van der Waals surface area contributed by atoms with Crippen LogP contribution in [-0.2, 0) is 11.2 Å². The summed E-state index contributed by atoms with van der Waals surface area (Å²) in [5, 5.41) is 0. The molecule has 0 amide bonds. The van der Waals surface area contributed by atoms with E-state index in [0.29, 0.717) is 6.04 Å². The molecule has 0 saturated heterocycles. The highest BCUT2D eigenvalue weighted by atomic mass is 16.5. The van der Waals surface area contributed by atoms with Crippen LogP contribution in [0.3, 0.4) is 0 Å². The Hall–Kier alpha value is -1.06. The first kappa shape index (κ1) is 15.3. The normalized spacial score (nSPS) is 16.2. The molecule has 3 heteroatoms. The molecule has 20 heavy (non-hydrogen) atoms. The highest BCUT2D eigenvalue weighted by Crippen LogP contribution is 2.33. The Kier molecular flexibility index (Phi) is 5.44. The molecule has 2 rings (SSSR count). The number of benzene rings is 1. The SMILES string of the molecule is CCC(N)Cc1ccc(N(CCOC)C2CC2)c(C)c1. The molecule has 1 saturated carbocycles. The molecule has 1 aromatic rings. The highest BCUT2D eigenvalue weighted by molar-refractivity contribution is 5.56. The van der Waals surface area contributed by atoms with Gasteiger partial charge in [0.25, 0.3) is 0 Å². The number of methoxy groups -OCH3 is 1. The number of rotatable bonds is 8. The van der Waals surface area contributed by atoms with Crippen molar-refractivity contribution in [3.63, 3.8) is 0 Å². The summed E-state index contributed by atoms with van der Waals surface area (Å²) in [4.78, 5) is 2.50. The number of hydrogen-bond donors (Lipinski definition) is 1. The van der Waals surface area contributed by atoms with E-state index < -0.39 is 0 Å². The second-order valence-electron chi connectivity index (χ2n) is 5.91. The molecule has 0 spiro atoms. The first-order valence-electron chi connectivity index (χ1n) is 7.76. The van der Waals surface area contributed by atoms with Crippen molar-refractivity contribution in [3.05, 3.63) is 29.3 Å². The first-order chi connectivity index (χ1) is 9.65. The Bertz CT molecular complexity index is 429. The summed E-state index contributed by atoms with van der Waals surface area (Å²) in [5.74, 6) is 0. The molecular weight excluding hydrogens is 248 g/mol. The molecule has 1 aromatic carbocycles. The fourth-order valence-corrected chi connectivity index (χ4v) is 2.69. The average molecular weight is 276 g/mol. The van der Waals surface area contributed by atoms with Crippen LogP contribution in [0.1, 0.15) is 37.3 Å². The third-order valence-corrected chi connectivity index (χ3v) is 4.12. The van der Waals surface area contributed by atoms with E-state index in [4.69, 9.17) is 10.5 Å². The summed E-state index contributed by atoms with van der Waals surface area (Å²) in [5.41, 5.74) is 10.1. The van der Waals surface area contributed by atoms with Crippen LogP contribution in [0.5, 0.6) is 0 Å². The fourth-order valence-electron chi connectivity index (χ4n) is 2.69. The van der Waals surface area contributed by atoms with E-state index in [1.54, 1.807) is 7.11 Å². The molecule has 0 aromatic heterocycles. The van der Waals surface area contributed by atoms with Crippen molar-refractivity contribution in [2.24, 2.45) is 5.73 Å². The zero-order chi connectivity index (χ0) is 14.5. The molecule has 0 heterocycles. The molecule has 0 radical (unpaired) electrons. The number of aryl methyl sites for hydroxylation is 1. The maximum atomic E-state index is 6.05. The van der Waals surface area contributed by atoms with Gasteiger partial charge in [0.2, 0.25) is 0 Å². The number of ether oxygens (including phenoxy) is 1. The maximum absolute atomic E-state index is 6.05. The minimum atomic E-state index is 0.272. The zero-order valence-electron chi connectivity index (χ0n) is 13.1. The second-order valence-corrected chi connectivity index (χ2v) is 5.91. The van der Waals surface area contributed by atoms with Gasteiger partial charge in [0.1, 0.15) is 0 Å². The van der Waals surface area contributed by atoms with Gasteiger partial charge in [0.15, 0.2) is 0 Å². The standard InChI is InChI=1S/C17H28N2O/c1-4-15(18)12-14-5-8-17(13(2)11-14)19(9-10-20-3)16-6-7-16/h5,8,11,15-16H,4,6-7,9-10,12,18H2,1-3H3. The Morgan fingerprint density at radius 3 is 2.70 bits per heavy atom. The van der Waals surface area contributed by atoms with Gasteiger partial charge in [-0.3, -0.25) is 0 Å². The van der Waals surface area contributed by atoms with Crippen LogP contribution >= 0.6 is 0 Å². The van der Waals surface area contributed by atoms with E-state index in [9.17, 15) is 0 Å². The Balaban J connectivity index is 2.10. The summed E-state index contributed by atoms with van der Waals surface area (Å²) in [7, 11) is 1.77. The van der Waals surface area contributed by atoms with Gasteiger partial charge in [-0.15, -0.1) is 0 Å². The predicted octanol–water partition coefficient (Wildman–Crippen LogP) is 2.89. The van der Waals surface area contributed by atoms with E-state index in [2.05, 4.69) is 36.9 Å². The molecule has 0 aliphatic heterocycles. The maximum Gasteiger partial charge on any atom is 0.0637 e. The van der Waals surface area contributed by atoms with Crippen molar-refractivity contribution in [1.29, 1.82) is 0 Å². The smallest absolute Gasteiger partial charge is 0.0637 e. The monoisotopic (exact) mass is 276 g/mol. The topological polar surface area (TPSA) is 38.5 Å². The molecule has 1 aliphatic carbocycles. The third-order valence-electron chi connectivity index (χ3n) is 4.12. The van der Waals surface area contributed by atoms with E-state index in [1.165, 1.54) is 29.7 Å². The number of nitrogens with two attached hydrogens (primary N) is 1. The van der Waals surface area contributed by atoms with Gasteiger partial charge in [-0.25, -0.2) is 0 Å². The van der Waals surface area contributed by atoms with Crippen LogP contribution in [-0.4, -0.2) is 32.3 Å². The van der Waals surface area contributed by atoms with Crippen LogP contribution in [0, 0.1) is 6.92 Å². The van der Waals surface area contributed by atoms with E-state index in [1.807, 2.05) is 0 Å². The molecule has 0 bridgehead atoms. The van der Waals surface area contributed by atoms with Gasteiger partial charge in [0.05, 0.1) is 6.61 Å². The summed E-state index contributed by atoms with van der Waals surface area (Å²) in [6, 6.07) is 7.79. The lowest BCUT2D eigenvalue weighted by Crippen LogP contribution is -2.30. The van der Waals surface area contributed by atoms with E-state index in [-0.39, 0.29) is 6.04 Å². The Morgan fingerprint density at radius 2 is 2.15 bits per heavy atom. The minimum absolute atomic E-state index is 0.272. The molecular formula is C17H28N2O. The number of anilines is 1. The summed E-state index contributed by atoms with van der Waals surface area (Å²) >= 11 is 0. The molecule has 1 unspecified atom stereocenters. The van der Waals surface area contributed by atoms with Crippen LogP contribution in [0.4, 0.5) is 5.69 Å². The second kappa shape index (κ2) is 7.09. The average Bonchev–Trinajstić information content (AvgIpc) is 3.25. The molecule has 112 valence electrons. The molecule has 1 fully saturated rings.